The molecule has 2 aliphatic heterocycles. The first kappa shape index (κ1) is 13.3. The summed E-state index contributed by atoms with van der Waals surface area (Å²) < 4.78 is 0. The van der Waals surface area contributed by atoms with Crippen molar-refractivity contribution in [2.75, 3.05) is 27.7 Å². The Morgan fingerprint density at radius 3 is 2.29 bits per heavy atom. The van der Waals surface area contributed by atoms with E-state index in [1.807, 2.05) is 0 Å². The fourth-order valence-corrected chi connectivity index (χ4v) is 3.48. The highest BCUT2D eigenvalue weighted by Crippen LogP contribution is 2.34. The van der Waals surface area contributed by atoms with E-state index in [0.717, 1.165) is 18.1 Å². The summed E-state index contributed by atoms with van der Waals surface area (Å²) in [5.74, 6) is 0. The molecule has 0 aliphatic carbocycles. The van der Waals surface area contributed by atoms with Gasteiger partial charge >= 0.3 is 0 Å². The molecule has 2 saturated heterocycles. The molecule has 0 spiro atoms. The zero-order valence-electron chi connectivity index (χ0n) is 11.9. The van der Waals surface area contributed by atoms with E-state index in [9.17, 15) is 0 Å². The second-order valence-electron chi connectivity index (χ2n) is 6.20. The van der Waals surface area contributed by atoms with E-state index in [4.69, 9.17) is 0 Å². The molecule has 1 N–H and O–H groups in total. The molecule has 3 heteroatoms. The number of nitrogens with zero attached hydrogens (tertiary/aromatic N) is 2. The van der Waals surface area contributed by atoms with Crippen LogP contribution in [0.5, 0.6) is 0 Å². The Labute approximate surface area is 107 Å². The first-order chi connectivity index (χ1) is 8.11. The monoisotopic (exact) mass is 239 g/mol. The smallest absolute Gasteiger partial charge is 0.0189 e. The van der Waals surface area contributed by atoms with Gasteiger partial charge in [-0.1, -0.05) is 6.42 Å². The Kier molecular flexibility index (Phi) is 4.45. The molecule has 3 atom stereocenters. The van der Waals surface area contributed by atoms with Gasteiger partial charge in [-0.25, -0.2) is 0 Å². The average Bonchev–Trinajstić information content (AvgIpc) is 2.28. The van der Waals surface area contributed by atoms with Crippen molar-refractivity contribution in [3.8, 4) is 0 Å². The van der Waals surface area contributed by atoms with Crippen molar-refractivity contribution in [3.63, 3.8) is 0 Å². The number of hydrogen-bond acceptors (Lipinski definition) is 3. The maximum Gasteiger partial charge on any atom is 0.0189 e. The molecule has 100 valence electrons. The van der Waals surface area contributed by atoms with Crippen molar-refractivity contribution in [1.29, 1.82) is 0 Å². The van der Waals surface area contributed by atoms with Crippen molar-refractivity contribution in [2.45, 2.75) is 63.2 Å². The van der Waals surface area contributed by atoms with Crippen LogP contribution in [0.1, 0.15) is 39.0 Å². The molecule has 0 aromatic heterocycles. The topological polar surface area (TPSA) is 18.5 Å². The van der Waals surface area contributed by atoms with E-state index in [1.165, 1.54) is 38.6 Å². The van der Waals surface area contributed by atoms with Crippen molar-refractivity contribution in [2.24, 2.45) is 0 Å². The third kappa shape index (κ3) is 3.01. The molecule has 2 heterocycles. The molecule has 2 aliphatic rings. The molecule has 0 aromatic rings. The minimum absolute atomic E-state index is 0.671. The zero-order chi connectivity index (χ0) is 12.4. The normalized spacial score (nSPS) is 36.2. The highest BCUT2D eigenvalue weighted by Gasteiger charge is 2.38. The minimum Gasteiger partial charge on any atom is -0.317 e. The number of piperidine rings is 2. The Morgan fingerprint density at radius 2 is 1.82 bits per heavy atom. The van der Waals surface area contributed by atoms with Crippen molar-refractivity contribution < 1.29 is 0 Å². The molecule has 2 rings (SSSR count). The van der Waals surface area contributed by atoms with Gasteiger partial charge in [-0.3, -0.25) is 4.90 Å². The fourth-order valence-electron chi connectivity index (χ4n) is 3.48. The summed E-state index contributed by atoms with van der Waals surface area (Å²) in [4.78, 5) is 5.15. The van der Waals surface area contributed by atoms with Gasteiger partial charge in [-0.15, -0.1) is 0 Å². The molecule has 0 amide bonds. The van der Waals surface area contributed by atoms with Gasteiger partial charge in [0.1, 0.15) is 0 Å². The summed E-state index contributed by atoms with van der Waals surface area (Å²) >= 11 is 0. The summed E-state index contributed by atoms with van der Waals surface area (Å²) in [5.41, 5.74) is 0. The standard InChI is InChI=1S/C14H29N3/c1-11(16(3)4)10-17-13-6-5-7-14(17)9-12(8-13)15-2/h11-15H,5-10H2,1-4H3. The molecule has 2 fully saturated rings. The summed E-state index contributed by atoms with van der Waals surface area (Å²) in [6.45, 7) is 3.60. The van der Waals surface area contributed by atoms with Crippen LogP contribution in [0.2, 0.25) is 0 Å². The first-order valence-corrected chi connectivity index (χ1v) is 7.21. The van der Waals surface area contributed by atoms with E-state index >= 15 is 0 Å². The predicted molar refractivity (Wildman–Crippen MR) is 73.4 cm³/mol. The second kappa shape index (κ2) is 5.68. The maximum absolute atomic E-state index is 3.49. The SMILES string of the molecule is CNC1CC2CCCC(C1)N2CC(C)N(C)C. The van der Waals surface area contributed by atoms with Gasteiger partial charge in [-0.05, 0) is 53.8 Å². The van der Waals surface area contributed by atoms with Crippen LogP contribution >= 0.6 is 0 Å². The Bertz CT molecular complexity index is 228. The lowest BCUT2D eigenvalue weighted by Gasteiger charge is -2.50. The third-order valence-electron chi connectivity index (χ3n) is 4.89. The van der Waals surface area contributed by atoms with Gasteiger partial charge < -0.3 is 10.2 Å². The summed E-state index contributed by atoms with van der Waals surface area (Å²) in [6.07, 6.45) is 6.97. The molecule has 17 heavy (non-hydrogen) atoms. The Hall–Kier alpha value is -0.120. The van der Waals surface area contributed by atoms with Crippen LogP contribution in [0.25, 0.3) is 0 Å². The molecular formula is C14H29N3. The van der Waals surface area contributed by atoms with E-state index < -0.39 is 0 Å². The van der Waals surface area contributed by atoms with Crippen LogP contribution < -0.4 is 5.32 Å². The van der Waals surface area contributed by atoms with Crippen LogP contribution in [0.15, 0.2) is 0 Å². The fraction of sp³-hybridized carbons (Fsp3) is 1.00. The number of hydrogen-bond donors (Lipinski definition) is 1. The molecule has 0 saturated carbocycles. The number of fused-ring (bicyclic) bond motifs is 2. The van der Waals surface area contributed by atoms with Crippen molar-refractivity contribution >= 4 is 0 Å². The highest BCUT2D eigenvalue weighted by molar-refractivity contribution is 4.95. The minimum atomic E-state index is 0.671. The van der Waals surface area contributed by atoms with Crippen LogP contribution in [0.4, 0.5) is 0 Å². The molecule has 3 nitrogen and oxygen atoms in total. The van der Waals surface area contributed by atoms with Gasteiger partial charge in [0.05, 0.1) is 0 Å². The summed E-state index contributed by atoms with van der Waals surface area (Å²) in [6, 6.07) is 3.10. The Morgan fingerprint density at radius 1 is 1.24 bits per heavy atom. The number of rotatable bonds is 4. The maximum atomic E-state index is 3.49. The molecule has 0 radical (unpaired) electrons. The average molecular weight is 239 g/mol. The lowest BCUT2D eigenvalue weighted by Crippen LogP contribution is -2.58. The van der Waals surface area contributed by atoms with Gasteiger partial charge in [0.25, 0.3) is 0 Å². The largest absolute Gasteiger partial charge is 0.317 e. The van der Waals surface area contributed by atoms with Gasteiger partial charge in [0.15, 0.2) is 0 Å². The van der Waals surface area contributed by atoms with E-state index in [2.05, 4.69) is 43.2 Å². The predicted octanol–water partition coefficient (Wildman–Crippen LogP) is 1.54. The summed E-state index contributed by atoms with van der Waals surface area (Å²) in [7, 11) is 6.51. The molecular weight excluding hydrogens is 210 g/mol. The van der Waals surface area contributed by atoms with Gasteiger partial charge in [-0.2, -0.15) is 0 Å². The molecule has 3 unspecified atom stereocenters. The zero-order valence-corrected chi connectivity index (χ0v) is 11.9. The third-order valence-corrected chi connectivity index (χ3v) is 4.89. The molecule has 2 bridgehead atoms. The van der Waals surface area contributed by atoms with E-state index in [1.54, 1.807) is 0 Å². The van der Waals surface area contributed by atoms with E-state index in [-0.39, 0.29) is 0 Å². The van der Waals surface area contributed by atoms with Crippen LogP contribution in [-0.4, -0.2) is 61.7 Å². The molecule has 0 aromatic carbocycles. The van der Waals surface area contributed by atoms with E-state index in [0.29, 0.717) is 6.04 Å². The summed E-state index contributed by atoms with van der Waals surface area (Å²) in [5, 5.41) is 3.49. The number of likely N-dealkylation sites (N-methyl/N-ethyl adjacent to an activating group) is 1. The second-order valence-corrected chi connectivity index (χ2v) is 6.20. The van der Waals surface area contributed by atoms with Crippen molar-refractivity contribution in [3.05, 3.63) is 0 Å². The number of nitrogens with one attached hydrogen (secondary N) is 1. The van der Waals surface area contributed by atoms with Crippen LogP contribution in [0.3, 0.4) is 0 Å². The lowest BCUT2D eigenvalue weighted by molar-refractivity contribution is 0.0106. The Balaban J connectivity index is 1.98. The van der Waals surface area contributed by atoms with Crippen LogP contribution in [-0.2, 0) is 0 Å². The highest BCUT2D eigenvalue weighted by atomic mass is 15.2. The van der Waals surface area contributed by atoms with Crippen LogP contribution in [0, 0.1) is 0 Å². The van der Waals surface area contributed by atoms with Crippen molar-refractivity contribution in [1.82, 2.24) is 15.1 Å². The quantitative estimate of drug-likeness (QED) is 0.803. The lowest BCUT2D eigenvalue weighted by atomic mass is 9.81. The first-order valence-electron chi connectivity index (χ1n) is 7.21. The van der Waals surface area contributed by atoms with Gasteiger partial charge in [0, 0.05) is 30.7 Å². The van der Waals surface area contributed by atoms with Gasteiger partial charge in [0.2, 0.25) is 0 Å².